The first kappa shape index (κ1) is 30.2. The monoisotopic (exact) mass is 643 g/mol. The fourth-order valence-corrected chi connectivity index (χ4v) is 6.15. The quantitative estimate of drug-likeness (QED) is 0.243. The van der Waals surface area contributed by atoms with Crippen molar-refractivity contribution in [2.45, 2.75) is 50.1 Å². The van der Waals surface area contributed by atoms with Gasteiger partial charge in [-0.05, 0) is 84.3 Å². The highest BCUT2D eigenvalue weighted by molar-refractivity contribution is 6.31. The average molecular weight is 644 g/mol. The Balaban J connectivity index is 1.23. The van der Waals surface area contributed by atoms with Crippen molar-refractivity contribution in [2.24, 2.45) is 0 Å². The summed E-state index contributed by atoms with van der Waals surface area (Å²) in [5.41, 5.74) is 2.23. The Morgan fingerprint density at radius 2 is 1.80 bits per heavy atom. The van der Waals surface area contributed by atoms with Crippen LogP contribution in [0.4, 0.5) is 13.2 Å². The number of aromatic amines is 1. The molecule has 0 saturated heterocycles. The van der Waals surface area contributed by atoms with E-state index in [1.54, 1.807) is 24.3 Å². The molecule has 4 aromatic rings. The molecule has 2 aliphatic rings. The van der Waals surface area contributed by atoms with Crippen molar-refractivity contribution in [3.05, 3.63) is 115 Å². The Kier molecular flexibility index (Phi) is 7.94. The number of hydrogen-bond acceptors (Lipinski definition) is 5. The van der Waals surface area contributed by atoms with Crippen LogP contribution in [0.1, 0.15) is 53.6 Å². The summed E-state index contributed by atoms with van der Waals surface area (Å²) in [4.78, 5) is 36.1. The van der Waals surface area contributed by atoms with Crippen molar-refractivity contribution in [3.8, 4) is 16.9 Å². The van der Waals surface area contributed by atoms with E-state index in [-0.39, 0.29) is 22.7 Å². The number of fused-ring (bicyclic) bond motifs is 1. The average Bonchev–Trinajstić information content (AvgIpc) is 3.80. The molecule has 1 fully saturated rings. The Morgan fingerprint density at radius 1 is 1.02 bits per heavy atom. The van der Waals surface area contributed by atoms with E-state index in [4.69, 9.17) is 28.2 Å². The summed E-state index contributed by atoms with van der Waals surface area (Å²) in [5.74, 6) is -0.513. The van der Waals surface area contributed by atoms with Gasteiger partial charge in [0, 0.05) is 16.6 Å². The molecule has 1 amide bonds. The lowest BCUT2D eigenvalue weighted by Gasteiger charge is -2.24. The highest BCUT2D eigenvalue weighted by Gasteiger charge is 2.49. The largest absolute Gasteiger partial charge is 0.573 e. The molecule has 0 unspecified atom stereocenters. The van der Waals surface area contributed by atoms with Gasteiger partial charge >= 0.3 is 6.36 Å². The highest BCUT2D eigenvalue weighted by Crippen LogP contribution is 2.52. The molecule has 0 bridgehead atoms. The van der Waals surface area contributed by atoms with Gasteiger partial charge in [-0.15, -0.1) is 13.2 Å². The number of benzene rings is 3. The molecule has 1 saturated carbocycles. The summed E-state index contributed by atoms with van der Waals surface area (Å²) in [5, 5.41) is 11.7. The lowest BCUT2D eigenvalue weighted by molar-refractivity contribution is -0.274. The Hall–Kier alpha value is -3.86. The lowest BCUT2D eigenvalue weighted by Crippen LogP contribution is -2.36. The molecule has 44 heavy (non-hydrogen) atoms. The van der Waals surface area contributed by atoms with E-state index in [0.29, 0.717) is 52.6 Å². The molecular weight excluding hydrogens is 618 g/mol. The second-order valence-corrected chi connectivity index (χ2v) is 11.9. The first-order valence-corrected chi connectivity index (χ1v) is 14.7. The number of aliphatic hydroxyl groups excluding tert-OH is 1. The van der Waals surface area contributed by atoms with Crippen LogP contribution < -0.4 is 10.3 Å². The van der Waals surface area contributed by atoms with Crippen LogP contribution >= 0.6 is 23.2 Å². The summed E-state index contributed by atoms with van der Waals surface area (Å²) in [6, 6.07) is 17.4. The number of amides is 1. The Bertz CT molecular complexity index is 1810. The van der Waals surface area contributed by atoms with Crippen LogP contribution in [0, 0.1) is 0 Å². The molecule has 12 heteroatoms. The van der Waals surface area contributed by atoms with Crippen molar-refractivity contribution in [1.82, 2.24) is 14.9 Å². The maximum Gasteiger partial charge on any atom is 0.573 e. The molecule has 2 N–H and O–H groups in total. The first-order valence-electron chi connectivity index (χ1n) is 13.9. The molecule has 2 heterocycles. The van der Waals surface area contributed by atoms with Gasteiger partial charge in [0.2, 0.25) is 0 Å². The SMILES string of the molecule is O=C([C@H](O)c1cccc(-c2cc(Cl)cc(OC(F)(F)F)c2)c1)N1CCCc2nc(C3(c4cccc(Cl)c4)CC3)[nH]c(=O)c2C1. The summed E-state index contributed by atoms with van der Waals surface area (Å²) < 4.78 is 42.3. The van der Waals surface area contributed by atoms with Crippen molar-refractivity contribution >= 4 is 29.1 Å². The highest BCUT2D eigenvalue weighted by atomic mass is 35.5. The number of aryl methyl sites for hydroxylation is 1. The zero-order chi connectivity index (χ0) is 31.2. The van der Waals surface area contributed by atoms with Crippen molar-refractivity contribution in [2.75, 3.05) is 6.54 Å². The molecular formula is C32H26Cl2F3N3O4. The van der Waals surface area contributed by atoms with Crippen LogP contribution in [0.5, 0.6) is 5.75 Å². The predicted octanol–water partition coefficient (Wildman–Crippen LogP) is 6.73. The predicted molar refractivity (Wildman–Crippen MR) is 159 cm³/mol. The maximum atomic E-state index is 13.5. The van der Waals surface area contributed by atoms with Crippen molar-refractivity contribution in [3.63, 3.8) is 0 Å². The Labute approximate surface area is 260 Å². The summed E-state index contributed by atoms with van der Waals surface area (Å²) in [6.07, 6.45) is -3.79. The molecule has 228 valence electrons. The number of aromatic nitrogens is 2. The van der Waals surface area contributed by atoms with E-state index >= 15 is 0 Å². The summed E-state index contributed by atoms with van der Waals surface area (Å²) >= 11 is 12.3. The number of hydrogen-bond donors (Lipinski definition) is 2. The van der Waals surface area contributed by atoms with Crippen molar-refractivity contribution < 1.29 is 27.8 Å². The number of carbonyl (C=O) groups excluding carboxylic acids is 1. The van der Waals surface area contributed by atoms with Crippen molar-refractivity contribution in [1.29, 1.82) is 0 Å². The minimum absolute atomic E-state index is 0.0224. The molecule has 1 aliphatic carbocycles. The fraction of sp³-hybridized carbons (Fsp3) is 0.281. The molecule has 1 aromatic heterocycles. The minimum Gasteiger partial charge on any atom is -0.406 e. The minimum atomic E-state index is -4.90. The molecule has 6 rings (SSSR count). The third-order valence-electron chi connectivity index (χ3n) is 8.06. The van der Waals surface area contributed by atoms with E-state index in [2.05, 4.69) is 9.72 Å². The zero-order valence-electron chi connectivity index (χ0n) is 23.1. The number of H-pyrrole nitrogens is 1. The van der Waals surface area contributed by atoms with Gasteiger partial charge in [-0.25, -0.2) is 4.98 Å². The van der Waals surface area contributed by atoms with E-state index in [9.17, 15) is 27.9 Å². The van der Waals surface area contributed by atoms with Crippen LogP contribution in [-0.2, 0) is 23.2 Å². The molecule has 3 aromatic carbocycles. The van der Waals surface area contributed by atoms with Gasteiger partial charge in [0.1, 0.15) is 11.6 Å². The lowest BCUT2D eigenvalue weighted by atomic mass is 9.94. The van der Waals surface area contributed by atoms with Gasteiger partial charge in [-0.1, -0.05) is 53.5 Å². The van der Waals surface area contributed by atoms with E-state index in [1.165, 1.54) is 23.1 Å². The number of alkyl halides is 3. The van der Waals surface area contributed by atoms with Gasteiger partial charge in [-0.2, -0.15) is 0 Å². The normalized spacial score (nSPS) is 16.5. The first-order chi connectivity index (χ1) is 20.9. The standard InChI is InChI=1S/C32H26Cl2F3N3O4/c33-22-7-2-6-21(15-22)31(9-10-31)30-38-26-8-3-11-40(17-25(26)28(42)39-30)29(43)27(41)19-5-1-4-18(12-19)20-13-23(34)16-24(14-20)44-32(35,36)37/h1-2,4-7,12-16,27,41H,3,8-11,17H2,(H,38,39,42)/t27-/m1/s1. The number of nitrogens with one attached hydrogen (secondary N) is 1. The van der Waals surface area contributed by atoms with Crippen LogP contribution in [0.25, 0.3) is 11.1 Å². The molecule has 1 atom stereocenters. The number of nitrogens with zero attached hydrogens (tertiary/aromatic N) is 2. The van der Waals surface area contributed by atoms with Gasteiger partial charge < -0.3 is 19.7 Å². The molecule has 0 spiro atoms. The third-order valence-corrected chi connectivity index (χ3v) is 8.51. The second-order valence-electron chi connectivity index (χ2n) is 11.0. The van der Waals surface area contributed by atoms with Gasteiger partial charge in [0.05, 0.1) is 23.2 Å². The van der Waals surface area contributed by atoms with Crippen LogP contribution in [0.15, 0.2) is 71.5 Å². The molecule has 7 nitrogen and oxygen atoms in total. The number of aliphatic hydroxyl groups is 1. The van der Waals surface area contributed by atoms with E-state index in [1.807, 2.05) is 18.2 Å². The van der Waals surface area contributed by atoms with Gasteiger partial charge in [0.15, 0.2) is 6.10 Å². The fourth-order valence-electron chi connectivity index (χ4n) is 5.74. The third kappa shape index (κ3) is 6.20. The number of rotatable bonds is 6. The smallest absolute Gasteiger partial charge is 0.406 e. The zero-order valence-corrected chi connectivity index (χ0v) is 24.6. The maximum absolute atomic E-state index is 13.5. The number of carbonyl (C=O) groups is 1. The summed E-state index contributed by atoms with van der Waals surface area (Å²) in [7, 11) is 0. The van der Waals surface area contributed by atoms with Crippen LogP contribution in [0.3, 0.4) is 0 Å². The van der Waals surface area contributed by atoms with Gasteiger partial charge in [0.25, 0.3) is 11.5 Å². The Morgan fingerprint density at radius 3 is 2.52 bits per heavy atom. The number of ether oxygens (including phenoxy) is 1. The van der Waals surface area contributed by atoms with Gasteiger partial charge in [-0.3, -0.25) is 9.59 Å². The molecule has 1 aliphatic heterocycles. The van der Waals surface area contributed by atoms with E-state index < -0.39 is 29.5 Å². The second kappa shape index (κ2) is 11.6. The van der Waals surface area contributed by atoms with E-state index in [0.717, 1.165) is 24.5 Å². The van der Waals surface area contributed by atoms with Crippen LogP contribution in [0.2, 0.25) is 10.0 Å². The van der Waals surface area contributed by atoms with Crippen LogP contribution in [-0.4, -0.2) is 38.8 Å². The topological polar surface area (TPSA) is 95.5 Å². The number of halogens is 5. The molecule has 0 radical (unpaired) electrons. The summed E-state index contributed by atoms with van der Waals surface area (Å²) in [6.45, 7) is 0.275.